The predicted octanol–water partition coefficient (Wildman–Crippen LogP) is 0.870. The Morgan fingerprint density at radius 1 is 1.64 bits per heavy atom. The van der Waals surface area contributed by atoms with E-state index in [4.69, 9.17) is 9.47 Å². The van der Waals surface area contributed by atoms with Crippen LogP contribution >= 0.6 is 0 Å². The fourth-order valence-corrected chi connectivity index (χ4v) is 1.85. The molecule has 1 aliphatic carbocycles. The van der Waals surface area contributed by atoms with E-state index in [1.165, 1.54) is 0 Å². The smallest absolute Gasteiger partial charge is 0.338 e. The molecular weight excluding hydrogens is 184 g/mol. The molecule has 4 heteroatoms. The Balaban J connectivity index is 2.58. The SMILES string of the molecule is CCOC(=O)C1(O)CCCC(OC)C1. The van der Waals surface area contributed by atoms with Gasteiger partial charge in [-0.15, -0.1) is 0 Å². The van der Waals surface area contributed by atoms with Gasteiger partial charge in [-0.25, -0.2) is 4.79 Å². The Morgan fingerprint density at radius 2 is 2.36 bits per heavy atom. The third kappa shape index (κ3) is 2.45. The number of carbonyl (C=O) groups is 1. The number of hydrogen-bond donors (Lipinski definition) is 1. The Kier molecular flexibility index (Phi) is 3.89. The highest BCUT2D eigenvalue weighted by Crippen LogP contribution is 2.30. The van der Waals surface area contributed by atoms with Gasteiger partial charge in [0.05, 0.1) is 12.7 Å². The van der Waals surface area contributed by atoms with E-state index >= 15 is 0 Å². The van der Waals surface area contributed by atoms with E-state index in [-0.39, 0.29) is 6.10 Å². The Hall–Kier alpha value is -0.610. The van der Waals surface area contributed by atoms with Crippen LogP contribution in [0.5, 0.6) is 0 Å². The molecule has 0 aromatic rings. The molecule has 82 valence electrons. The van der Waals surface area contributed by atoms with Crippen LogP contribution in [-0.2, 0) is 14.3 Å². The van der Waals surface area contributed by atoms with Gasteiger partial charge in [-0.3, -0.25) is 0 Å². The molecule has 0 aliphatic heterocycles. The number of rotatable bonds is 3. The summed E-state index contributed by atoms with van der Waals surface area (Å²) >= 11 is 0. The van der Waals surface area contributed by atoms with E-state index in [1.807, 2.05) is 0 Å². The minimum absolute atomic E-state index is 0.0295. The number of ether oxygens (including phenoxy) is 2. The predicted molar refractivity (Wildman–Crippen MR) is 50.8 cm³/mol. The van der Waals surface area contributed by atoms with Crippen molar-refractivity contribution in [3.8, 4) is 0 Å². The van der Waals surface area contributed by atoms with Crippen LogP contribution in [0.4, 0.5) is 0 Å². The second kappa shape index (κ2) is 4.75. The zero-order chi connectivity index (χ0) is 10.6. The zero-order valence-electron chi connectivity index (χ0n) is 8.78. The average Bonchev–Trinajstić information content (AvgIpc) is 2.18. The van der Waals surface area contributed by atoms with Gasteiger partial charge in [0.2, 0.25) is 0 Å². The summed E-state index contributed by atoms with van der Waals surface area (Å²) in [5.74, 6) is -0.512. The maximum absolute atomic E-state index is 11.5. The first-order valence-electron chi connectivity index (χ1n) is 5.05. The fourth-order valence-electron chi connectivity index (χ4n) is 1.85. The second-order valence-corrected chi connectivity index (χ2v) is 3.71. The molecule has 2 atom stereocenters. The largest absolute Gasteiger partial charge is 0.464 e. The van der Waals surface area contributed by atoms with Gasteiger partial charge >= 0.3 is 5.97 Å². The lowest BCUT2D eigenvalue weighted by Gasteiger charge is -2.33. The molecule has 4 nitrogen and oxygen atoms in total. The third-order valence-corrected chi connectivity index (χ3v) is 2.67. The fraction of sp³-hybridized carbons (Fsp3) is 0.900. The summed E-state index contributed by atoms with van der Waals surface area (Å²) in [6.07, 6.45) is 2.50. The van der Waals surface area contributed by atoms with E-state index in [1.54, 1.807) is 14.0 Å². The number of hydrogen-bond acceptors (Lipinski definition) is 4. The number of aliphatic hydroxyl groups is 1. The highest BCUT2D eigenvalue weighted by Gasteiger charge is 2.42. The maximum Gasteiger partial charge on any atom is 0.338 e. The van der Waals surface area contributed by atoms with Crippen molar-refractivity contribution in [3.05, 3.63) is 0 Å². The van der Waals surface area contributed by atoms with Gasteiger partial charge in [-0.05, 0) is 26.2 Å². The van der Waals surface area contributed by atoms with E-state index in [9.17, 15) is 9.90 Å². The summed E-state index contributed by atoms with van der Waals surface area (Å²) < 4.78 is 9.98. The van der Waals surface area contributed by atoms with Gasteiger partial charge in [-0.2, -0.15) is 0 Å². The van der Waals surface area contributed by atoms with Crippen LogP contribution in [0.2, 0.25) is 0 Å². The summed E-state index contributed by atoms with van der Waals surface area (Å²) in [5, 5.41) is 10.0. The molecule has 0 heterocycles. The Morgan fingerprint density at radius 3 is 2.93 bits per heavy atom. The number of methoxy groups -OCH3 is 1. The molecule has 0 spiro atoms. The van der Waals surface area contributed by atoms with Gasteiger partial charge in [0.15, 0.2) is 5.60 Å². The summed E-state index contributed by atoms with van der Waals surface area (Å²) in [4.78, 5) is 11.5. The summed E-state index contributed by atoms with van der Waals surface area (Å²) in [5.41, 5.74) is -1.32. The van der Waals surface area contributed by atoms with Crippen molar-refractivity contribution in [2.45, 2.75) is 44.3 Å². The van der Waals surface area contributed by atoms with Gasteiger partial charge in [0.25, 0.3) is 0 Å². The normalized spacial score (nSPS) is 32.6. The van der Waals surface area contributed by atoms with Gasteiger partial charge in [0, 0.05) is 13.5 Å². The van der Waals surface area contributed by atoms with Crippen LogP contribution in [0.25, 0.3) is 0 Å². The van der Waals surface area contributed by atoms with Gasteiger partial charge in [-0.1, -0.05) is 0 Å². The number of esters is 1. The van der Waals surface area contributed by atoms with Crippen molar-refractivity contribution in [3.63, 3.8) is 0 Å². The molecule has 0 saturated heterocycles. The lowest BCUT2D eigenvalue weighted by molar-refractivity contribution is -0.173. The third-order valence-electron chi connectivity index (χ3n) is 2.67. The standard InChI is InChI=1S/C10H18O4/c1-3-14-9(11)10(12)6-4-5-8(7-10)13-2/h8,12H,3-7H2,1-2H3. The molecule has 0 aromatic carbocycles. The van der Waals surface area contributed by atoms with Crippen molar-refractivity contribution in [2.75, 3.05) is 13.7 Å². The first-order valence-corrected chi connectivity index (χ1v) is 5.05. The van der Waals surface area contributed by atoms with Crippen molar-refractivity contribution in [1.82, 2.24) is 0 Å². The van der Waals surface area contributed by atoms with Crippen LogP contribution < -0.4 is 0 Å². The molecule has 1 rings (SSSR count). The van der Waals surface area contributed by atoms with E-state index < -0.39 is 11.6 Å². The van der Waals surface area contributed by atoms with Crippen LogP contribution in [0.15, 0.2) is 0 Å². The minimum atomic E-state index is -1.32. The minimum Gasteiger partial charge on any atom is -0.464 e. The second-order valence-electron chi connectivity index (χ2n) is 3.71. The van der Waals surface area contributed by atoms with Crippen LogP contribution in [0, 0.1) is 0 Å². The van der Waals surface area contributed by atoms with Gasteiger partial charge in [0.1, 0.15) is 0 Å². The first-order chi connectivity index (χ1) is 6.62. The average molecular weight is 202 g/mol. The molecule has 14 heavy (non-hydrogen) atoms. The van der Waals surface area contributed by atoms with Gasteiger partial charge < -0.3 is 14.6 Å². The number of carbonyl (C=O) groups excluding carboxylic acids is 1. The van der Waals surface area contributed by atoms with E-state index in [2.05, 4.69) is 0 Å². The van der Waals surface area contributed by atoms with Crippen LogP contribution in [0.3, 0.4) is 0 Å². The molecule has 1 fully saturated rings. The van der Waals surface area contributed by atoms with Crippen molar-refractivity contribution in [1.29, 1.82) is 0 Å². The first kappa shape index (κ1) is 11.5. The summed E-state index contributed by atoms with van der Waals surface area (Å²) in [6.45, 7) is 2.04. The van der Waals surface area contributed by atoms with E-state index in [0.29, 0.717) is 19.4 Å². The lowest BCUT2D eigenvalue weighted by atomic mass is 9.83. The van der Waals surface area contributed by atoms with Crippen molar-refractivity contribution >= 4 is 5.97 Å². The monoisotopic (exact) mass is 202 g/mol. The molecule has 1 aliphatic rings. The summed E-state index contributed by atoms with van der Waals surface area (Å²) in [6, 6.07) is 0. The highest BCUT2D eigenvalue weighted by atomic mass is 16.5. The molecule has 0 amide bonds. The van der Waals surface area contributed by atoms with Crippen molar-refractivity contribution < 1.29 is 19.4 Å². The van der Waals surface area contributed by atoms with Crippen LogP contribution in [0.1, 0.15) is 32.6 Å². The molecule has 1 N–H and O–H groups in total. The topological polar surface area (TPSA) is 55.8 Å². The molecule has 1 saturated carbocycles. The Labute approximate surface area is 84.2 Å². The highest BCUT2D eigenvalue weighted by molar-refractivity contribution is 5.79. The lowest BCUT2D eigenvalue weighted by Crippen LogP contribution is -2.46. The Bertz CT molecular complexity index is 204. The quantitative estimate of drug-likeness (QED) is 0.690. The van der Waals surface area contributed by atoms with Crippen LogP contribution in [-0.4, -0.2) is 36.5 Å². The molecule has 0 bridgehead atoms. The summed E-state index contributed by atoms with van der Waals surface area (Å²) in [7, 11) is 1.60. The zero-order valence-corrected chi connectivity index (χ0v) is 8.78. The molecule has 0 radical (unpaired) electrons. The molecule has 2 unspecified atom stereocenters. The molecular formula is C10H18O4. The van der Waals surface area contributed by atoms with Crippen molar-refractivity contribution in [2.24, 2.45) is 0 Å². The maximum atomic E-state index is 11.5. The van der Waals surface area contributed by atoms with E-state index in [0.717, 1.165) is 12.8 Å². The molecule has 0 aromatic heterocycles.